The van der Waals surface area contributed by atoms with Gasteiger partial charge in [0, 0.05) is 23.8 Å². The number of carboxylic acid groups (broad SMARTS) is 1. The maximum atomic E-state index is 13.4. The van der Waals surface area contributed by atoms with Gasteiger partial charge in [-0.3, -0.25) is 14.4 Å². The lowest BCUT2D eigenvalue weighted by atomic mass is 9.34. The maximum Gasteiger partial charge on any atom is 0.320 e. The van der Waals surface area contributed by atoms with E-state index in [0.29, 0.717) is 43.9 Å². The summed E-state index contributed by atoms with van der Waals surface area (Å²) in [7, 11) is 0. The Hall–Kier alpha value is -1.93. The molecule has 2 N–H and O–H groups in total. The van der Waals surface area contributed by atoms with Crippen molar-refractivity contribution in [1.82, 2.24) is 5.32 Å². The normalized spacial score (nSPS) is 47.2. The number of carboxylic acids is 1. The van der Waals surface area contributed by atoms with Crippen molar-refractivity contribution >= 4 is 17.9 Å². The van der Waals surface area contributed by atoms with Crippen molar-refractivity contribution in [2.45, 2.75) is 138 Å². The number of fused-ring (bicyclic) bond motifs is 3. The number of esters is 2. The van der Waals surface area contributed by atoms with Crippen molar-refractivity contribution in [3.63, 3.8) is 0 Å². The Bertz CT molecular complexity index is 1330. The molecular weight excluding hydrogens is 606 g/mol. The largest absolute Gasteiger partial charge is 0.481 e. The van der Waals surface area contributed by atoms with Gasteiger partial charge in [-0.1, -0.05) is 73.5 Å². The number of hydrogen-bond acceptors (Lipinski definition) is 7. The lowest BCUT2D eigenvalue weighted by molar-refractivity contribution is -0.263. The van der Waals surface area contributed by atoms with Gasteiger partial charge in [0.15, 0.2) is 0 Å². The van der Waals surface area contributed by atoms with Crippen LogP contribution in [0.15, 0.2) is 11.6 Å². The number of nitrogens with one attached hydrogen (secondary N) is 1. The van der Waals surface area contributed by atoms with Crippen LogP contribution in [0, 0.1) is 62.6 Å². The molecule has 1 saturated heterocycles. The fourth-order valence-corrected chi connectivity index (χ4v) is 13.0. The first-order valence-electron chi connectivity index (χ1n) is 19.1. The monoisotopic (exact) mass is 669 g/mol. The van der Waals surface area contributed by atoms with Crippen LogP contribution in [0.4, 0.5) is 0 Å². The summed E-state index contributed by atoms with van der Waals surface area (Å²) in [6, 6.07) is 0.321. The Morgan fingerprint density at radius 3 is 2.35 bits per heavy atom. The Morgan fingerprint density at radius 2 is 1.73 bits per heavy atom. The molecule has 4 saturated carbocycles. The molecule has 5 fully saturated rings. The molecule has 0 spiro atoms. The summed E-state index contributed by atoms with van der Waals surface area (Å²) in [5, 5.41) is 14.4. The zero-order valence-corrected chi connectivity index (χ0v) is 31.2. The van der Waals surface area contributed by atoms with Crippen LogP contribution >= 0.6 is 0 Å². The second-order valence-electron chi connectivity index (χ2n) is 18.5. The van der Waals surface area contributed by atoms with Crippen molar-refractivity contribution in [2.75, 3.05) is 19.8 Å². The summed E-state index contributed by atoms with van der Waals surface area (Å²) in [5.74, 6) is -0.142. The first kappa shape index (κ1) is 35.9. The molecule has 0 radical (unpaired) electrons. The zero-order valence-electron chi connectivity index (χ0n) is 31.2. The molecule has 0 aromatic rings. The minimum Gasteiger partial charge on any atom is -0.481 e. The van der Waals surface area contributed by atoms with Gasteiger partial charge in [-0.05, 0) is 97.2 Å². The van der Waals surface area contributed by atoms with Crippen molar-refractivity contribution in [2.24, 2.45) is 62.6 Å². The molecule has 2 unspecified atom stereocenters. The standard InChI is InChI=1S/C40H63NO7/c1-23(2)25(4)36(6)17-18-38(8)27-13-14-31-37(7)21-46-22-40(31,28(27)15-16-39(38,9)33(36)35(44)45)19-30(47-26(5)42)34(37)48-32(43)20-41-29-12-10-11-24(29)3/h15,23-25,27,29-31,33-34,41H,10-14,16-22H2,1-9H3,(H,44,45)/t24?,25-,27+,29?,30-,31+,33-,34+,36-,37-,38-,39+,40-/m1/s1. The molecule has 48 heavy (non-hydrogen) atoms. The summed E-state index contributed by atoms with van der Waals surface area (Å²) in [6.07, 6.45) is 9.72. The molecule has 0 amide bonds. The summed E-state index contributed by atoms with van der Waals surface area (Å²) in [4.78, 5) is 39.4. The van der Waals surface area contributed by atoms with Crippen LogP contribution in [0.2, 0.25) is 0 Å². The second-order valence-corrected chi connectivity index (χ2v) is 18.5. The van der Waals surface area contributed by atoms with Gasteiger partial charge in [-0.25, -0.2) is 0 Å². The lowest BCUT2D eigenvalue weighted by Crippen LogP contribution is -2.70. The van der Waals surface area contributed by atoms with Gasteiger partial charge >= 0.3 is 17.9 Å². The number of aliphatic carboxylic acids is 1. The second kappa shape index (κ2) is 12.4. The third kappa shape index (κ3) is 5.23. The van der Waals surface area contributed by atoms with Crippen molar-refractivity contribution in [3.05, 3.63) is 11.6 Å². The lowest BCUT2D eigenvalue weighted by Gasteiger charge is -2.71. The molecule has 270 valence electrons. The Kier molecular flexibility index (Phi) is 9.26. The smallest absolute Gasteiger partial charge is 0.320 e. The summed E-state index contributed by atoms with van der Waals surface area (Å²) in [5.41, 5.74) is -0.403. The van der Waals surface area contributed by atoms with E-state index in [1.54, 1.807) is 0 Å². The van der Waals surface area contributed by atoms with E-state index >= 15 is 0 Å². The van der Waals surface area contributed by atoms with E-state index < -0.39 is 34.9 Å². The first-order valence-corrected chi connectivity index (χ1v) is 19.1. The molecule has 6 rings (SSSR count). The highest BCUT2D eigenvalue weighted by Gasteiger charge is 2.72. The van der Waals surface area contributed by atoms with Crippen molar-refractivity contribution in [3.8, 4) is 0 Å². The van der Waals surface area contributed by atoms with Crippen LogP contribution in [-0.2, 0) is 28.6 Å². The van der Waals surface area contributed by atoms with E-state index in [1.807, 2.05) is 0 Å². The molecule has 8 nitrogen and oxygen atoms in total. The first-order chi connectivity index (χ1) is 22.4. The fraction of sp³-hybridized carbons (Fsp3) is 0.875. The van der Waals surface area contributed by atoms with Crippen molar-refractivity contribution in [1.29, 1.82) is 0 Å². The third-order valence-electron chi connectivity index (χ3n) is 16.0. The molecule has 5 aliphatic carbocycles. The number of carbonyl (C=O) groups excluding carboxylic acids is 2. The van der Waals surface area contributed by atoms with Crippen LogP contribution in [0.25, 0.3) is 0 Å². The highest BCUT2D eigenvalue weighted by atomic mass is 16.6. The molecule has 0 aromatic carbocycles. The van der Waals surface area contributed by atoms with Gasteiger partial charge in [0.1, 0.15) is 12.2 Å². The molecule has 2 bridgehead atoms. The minimum absolute atomic E-state index is 0.147. The van der Waals surface area contributed by atoms with Gasteiger partial charge < -0.3 is 24.6 Å². The number of ether oxygens (including phenoxy) is 3. The predicted octanol–water partition coefficient (Wildman–Crippen LogP) is 7.20. The highest BCUT2D eigenvalue weighted by Crippen LogP contribution is 2.75. The molecule has 0 aromatic heterocycles. The molecule has 1 heterocycles. The molecular formula is C40H63NO7. The van der Waals surface area contributed by atoms with E-state index in [1.165, 1.54) is 25.3 Å². The van der Waals surface area contributed by atoms with Gasteiger partial charge in [-0.15, -0.1) is 0 Å². The Morgan fingerprint density at radius 1 is 1.00 bits per heavy atom. The fourth-order valence-electron chi connectivity index (χ4n) is 13.0. The molecule has 1 aliphatic heterocycles. The van der Waals surface area contributed by atoms with E-state index in [4.69, 9.17) is 14.2 Å². The predicted molar refractivity (Wildman–Crippen MR) is 184 cm³/mol. The summed E-state index contributed by atoms with van der Waals surface area (Å²) in [6.45, 7) is 20.6. The third-order valence-corrected chi connectivity index (χ3v) is 16.0. The average molecular weight is 670 g/mol. The van der Waals surface area contributed by atoms with Crippen LogP contribution in [0.3, 0.4) is 0 Å². The SMILES string of the molecule is CC(=O)O[C@@H]1C[C@]23COC[C@](C)([C@@H]2CC[C@H]2C3=CC[C@@]3(C)[C@H](C(=O)O)[C@@](C)([C@H](C)C(C)C)CC[C@]23C)[C@H]1OC(=O)CNC1CCCC1C. The number of carbonyl (C=O) groups is 3. The summed E-state index contributed by atoms with van der Waals surface area (Å²) >= 11 is 0. The quantitative estimate of drug-likeness (QED) is 0.206. The van der Waals surface area contributed by atoms with Crippen LogP contribution < -0.4 is 5.32 Å². The van der Waals surface area contributed by atoms with Gasteiger partial charge in [0.25, 0.3) is 0 Å². The van der Waals surface area contributed by atoms with Gasteiger partial charge in [0.05, 0.1) is 25.7 Å². The summed E-state index contributed by atoms with van der Waals surface area (Å²) < 4.78 is 19.0. The molecule has 8 heteroatoms. The number of hydrogen-bond donors (Lipinski definition) is 2. The van der Waals surface area contributed by atoms with Crippen LogP contribution in [0.1, 0.15) is 120 Å². The Labute approximate surface area is 288 Å². The average Bonchev–Trinajstić information content (AvgIpc) is 3.42. The highest BCUT2D eigenvalue weighted by molar-refractivity contribution is 5.73. The van der Waals surface area contributed by atoms with Crippen LogP contribution in [-0.4, -0.2) is 61.0 Å². The van der Waals surface area contributed by atoms with E-state index in [2.05, 4.69) is 66.8 Å². The zero-order chi connectivity index (χ0) is 35.0. The Balaban J connectivity index is 1.34. The van der Waals surface area contributed by atoms with Crippen molar-refractivity contribution < 1.29 is 33.7 Å². The topological polar surface area (TPSA) is 111 Å². The maximum absolute atomic E-state index is 13.4. The van der Waals surface area contributed by atoms with E-state index in [9.17, 15) is 19.5 Å². The number of allylic oxidation sites excluding steroid dienone is 1. The molecule has 6 aliphatic rings. The molecule has 13 atom stereocenters. The van der Waals surface area contributed by atoms with Gasteiger partial charge in [-0.2, -0.15) is 0 Å². The van der Waals surface area contributed by atoms with Crippen LogP contribution in [0.5, 0.6) is 0 Å². The number of rotatable bonds is 8. The minimum atomic E-state index is -0.662. The van der Waals surface area contributed by atoms with Gasteiger partial charge in [0.2, 0.25) is 0 Å². The van der Waals surface area contributed by atoms with E-state index in [-0.39, 0.29) is 52.5 Å². The van der Waals surface area contributed by atoms with E-state index in [0.717, 1.165) is 32.1 Å².